The van der Waals surface area contributed by atoms with E-state index >= 15 is 0 Å². The molecule has 2 aromatic carbocycles. The van der Waals surface area contributed by atoms with Crippen LogP contribution in [0.15, 0.2) is 59.5 Å². The number of hydrogen-bond donors (Lipinski definition) is 0. The molecule has 0 spiro atoms. The molecule has 25 heavy (non-hydrogen) atoms. The van der Waals surface area contributed by atoms with Crippen molar-refractivity contribution < 1.29 is 9.00 Å². The van der Waals surface area contributed by atoms with Crippen LogP contribution in [0, 0.1) is 12.3 Å². The number of piperazine rings is 1. The summed E-state index contributed by atoms with van der Waals surface area (Å²) in [4.78, 5) is 15.1. The topological polar surface area (TPSA) is 40.6 Å². The molecule has 1 fully saturated rings. The summed E-state index contributed by atoms with van der Waals surface area (Å²) in [6, 6.07) is 16.5. The fourth-order valence-corrected chi connectivity index (χ4v) is 4.22. The van der Waals surface area contributed by atoms with E-state index in [-0.39, 0.29) is 11.9 Å². The van der Waals surface area contributed by atoms with Gasteiger partial charge in [-0.15, -0.1) is 6.42 Å². The molecule has 2 aromatic rings. The highest BCUT2D eigenvalue weighted by molar-refractivity contribution is 7.82. The van der Waals surface area contributed by atoms with E-state index in [1.165, 1.54) is 0 Å². The van der Waals surface area contributed by atoms with Crippen LogP contribution in [0.25, 0.3) is 0 Å². The Bertz CT molecular complexity index is 812. The maximum atomic E-state index is 12.8. The van der Waals surface area contributed by atoms with Crippen molar-refractivity contribution in [1.82, 2.24) is 9.21 Å². The second kappa shape index (κ2) is 7.64. The summed E-state index contributed by atoms with van der Waals surface area (Å²) in [5.41, 5.74) is 1.46. The molecule has 4 nitrogen and oxygen atoms in total. The van der Waals surface area contributed by atoms with Gasteiger partial charge in [-0.2, -0.15) is 0 Å². The minimum atomic E-state index is -1.26. The van der Waals surface area contributed by atoms with Gasteiger partial charge in [-0.1, -0.05) is 24.1 Å². The summed E-state index contributed by atoms with van der Waals surface area (Å²) in [7, 11) is -1.26. The maximum Gasteiger partial charge on any atom is 0.253 e. The lowest BCUT2D eigenvalue weighted by molar-refractivity contribution is 0.0647. The van der Waals surface area contributed by atoms with E-state index in [1.54, 1.807) is 24.3 Å². The van der Waals surface area contributed by atoms with E-state index < -0.39 is 11.0 Å². The summed E-state index contributed by atoms with van der Waals surface area (Å²) in [6.45, 7) is 3.69. The third-order valence-corrected chi connectivity index (χ3v) is 5.95. The summed E-state index contributed by atoms with van der Waals surface area (Å²) >= 11 is 0. The molecule has 1 aliphatic rings. The average Bonchev–Trinajstić information content (AvgIpc) is 2.67. The highest BCUT2D eigenvalue weighted by Gasteiger charge is 2.30. The number of rotatable bonds is 3. The normalized spacial score (nSPS) is 19.2. The van der Waals surface area contributed by atoms with E-state index in [4.69, 9.17) is 6.42 Å². The fourth-order valence-electron chi connectivity index (χ4n) is 2.94. The number of carbonyl (C=O) groups excluding carboxylic acids is 1. The van der Waals surface area contributed by atoms with Gasteiger partial charge in [-0.3, -0.25) is 4.79 Å². The molecule has 3 rings (SSSR count). The first kappa shape index (κ1) is 17.4. The number of benzene rings is 2. The number of amides is 1. The summed E-state index contributed by atoms with van der Waals surface area (Å²) in [6.07, 6.45) is 5.36. The average molecular weight is 352 g/mol. The molecule has 1 amide bonds. The van der Waals surface area contributed by atoms with Gasteiger partial charge in [0.15, 0.2) is 0 Å². The van der Waals surface area contributed by atoms with Crippen molar-refractivity contribution in [3.05, 3.63) is 65.7 Å². The van der Waals surface area contributed by atoms with Gasteiger partial charge in [0.2, 0.25) is 0 Å². The second-order valence-electron chi connectivity index (χ2n) is 6.02. The monoisotopic (exact) mass is 352 g/mol. The van der Waals surface area contributed by atoms with Gasteiger partial charge in [0.1, 0.15) is 11.0 Å². The van der Waals surface area contributed by atoms with Crippen LogP contribution in [0.2, 0.25) is 0 Å². The van der Waals surface area contributed by atoms with Crippen LogP contribution in [0.3, 0.4) is 0 Å². The van der Waals surface area contributed by atoms with Gasteiger partial charge >= 0.3 is 0 Å². The zero-order chi connectivity index (χ0) is 17.8. The maximum absolute atomic E-state index is 12.8. The molecule has 0 aromatic heterocycles. The van der Waals surface area contributed by atoms with E-state index in [1.807, 2.05) is 46.5 Å². The summed E-state index contributed by atoms with van der Waals surface area (Å²) < 4.78 is 14.8. The highest BCUT2D eigenvalue weighted by Crippen LogP contribution is 2.19. The van der Waals surface area contributed by atoms with Crippen LogP contribution in [0.5, 0.6) is 0 Å². The van der Waals surface area contributed by atoms with Gasteiger partial charge in [0, 0.05) is 36.8 Å². The third kappa shape index (κ3) is 3.81. The van der Waals surface area contributed by atoms with Crippen molar-refractivity contribution >= 4 is 16.9 Å². The van der Waals surface area contributed by atoms with E-state index in [9.17, 15) is 9.00 Å². The van der Waals surface area contributed by atoms with Crippen LogP contribution < -0.4 is 0 Å². The molecule has 0 radical (unpaired) electrons. The van der Waals surface area contributed by atoms with E-state index in [0.717, 1.165) is 10.5 Å². The van der Waals surface area contributed by atoms with Crippen molar-refractivity contribution in [2.24, 2.45) is 0 Å². The van der Waals surface area contributed by atoms with Crippen molar-refractivity contribution in [1.29, 1.82) is 0 Å². The summed E-state index contributed by atoms with van der Waals surface area (Å²) in [5, 5.41) is 0. The zero-order valence-electron chi connectivity index (χ0n) is 14.1. The first-order valence-corrected chi connectivity index (χ1v) is 9.30. The Balaban J connectivity index is 1.68. The van der Waals surface area contributed by atoms with Crippen molar-refractivity contribution in [3.63, 3.8) is 0 Å². The van der Waals surface area contributed by atoms with Crippen LogP contribution in [-0.4, -0.2) is 45.0 Å². The number of nitrogens with zero attached hydrogens (tertiary/aromatic N) is 2. The van der Waals surface area contributed by atoms with Crippen LogP contribution >= 0.6 is 0 Å². The largest absolute Gasteiger partial charge is 0.336 e. The Morgan fingerprint density at radius 1 is 1.12 bits per heavy atom. The molecule has 128 valence electrons. The molecule has 0 saturated carbocycles. The molecule has 0 bridgehead atoms. The van der Waals surface area contributed by atoms with Crippen molar-refractivity contribution in [2.45, 2.75) is 17.9 Å². The van der Waals surface area contributed by atoms with Gasteiger partial charge in [0.25, 0.3) is 5.91 Å². The molecular formula is C20H20N2O2S. The second-order valence-corrected chi connectivity index (χ2v) is 7.46. The van der Waals surface area contributed by atoms with Crippen LogP contribution in [0.1, 0.15) is 22.8 Å². The van der Waals surface area contributed by atoms with Crippen LogP contribution in [0.4, 0.5) is 0 Å². The van der Waals surface area contributed by atoms with Gasteiger partial charge in [0.05, 0.1) is 4.90 Å². The lowest BCUT2D eigenvalue weighted by atomic mass is 10.1. The first-order valence-electron chi connectivity index (χ1n) is 8.19. The molecule has 2 unspecified atom stereocenters. The molecule has 2 atom stereocenters. The predicted octanol–water partition coefficient (Wildman–Crippen LogP) is 2.54. The minimum Gasteiger partial charge on any atom is -0.336 e. The zero-order valence-corrected chi connectivity index (χ0v) is 14.9. The SMILES string of the molecule is C#Cc1ccc(S(=O)N2CCN(C(=O)c3ccccc3)CC2C)cc1. The molecule has 1 saturated heterocycles. The predicted molar refractivity (Wildman–Crippen MR) is 99.3 cm³/mol. The summed E-state index contributed by atoms with van der Waals surface area (Å²) in [5.74, 6) is 2.58. The lowest BCUT2D eigenvalue weighted by Crippen LogP contribution is -2.53. The Labute approximate surface area is 151 Å². The Kier molecular flexibility index (Phi) is 5.32. The molecule has 1 aliphatic heterocycles. The standard InChI is InChI=1S/C20H20N2O2S/c1-3-17-9-11-19(12-10-17)25(24)22-14-13-21(15-16(22)2)20(23)18-7-5-4-6-8-18/h1,4-12,16H,13-15H2,2H3. The van der Waals surface area contributed by atoms with Crippen molar-refractivity contribution in [2.75, 3.05) is 19.6 Å². The smallest absolute Gasteiger partial charge is 0.253 e. The van der Waals surface area contributed by atoms with Crippen molar-refractivity contribution in [3.8, 4) is 12.3 Å². The molecule has 0 aliphatic carbocycles. The third-order valence-electron chi connectivity index (χ3n) is 4.31. The van der Waals surface area contributed by atoms with E-state index in [2.05, 4.69) is 5.92 Å². The molecule has 1 heterocycles. The quantitative estimate of drug-likeness (QED) is 0.797. The Morgan fingerprint density at radius 2 is 1.80 bits per heavy atom. The number of carbonyl (C=O) groups is 1. The highest BCUT2D eigenvalue weighted by atomic mass is 32.2. The Morgan fingerprint density at radius 3 is 2.40 bits per heavy atom. The van der Waals surface area contributed by atoms with Gasteiger partial charge in [-0.25, -0.2) is 8.51 Å². The first-order chi connectivity index (χ1) is 12.1. The number of terminal acetylenes is 1. The lowest BCUT2D eigenvalue weighted by Gasteiger charge is -2.38. The molecule has 5 heteroatoms. The fraction of sp³-hybridized carbons (Fsp3) is 0.250. The van der Waals surface area contributed by atoms with Gasteiger partial charge < -0.3 is 4.90 Å². The minimum absolute atomic E-state index is 0.00885. The van der Waals surface area contributed by atoms with Crippen LogP contribution in [-0.2, 0) is 11.0 Å². The molecule has 0 N–H and O–H groups in total. The van der Waals surface area contributed by atoms with Gasteiger partial charge in [-0.05, 0) is 43.3 Å². The van der Waals surface area contributed by atoms with E-state index in [0.29, 0.717) is 25.2 Å². The molecular weight excluding hydrogens is 332 g/mol. The number of hydrogen-bond acceptors (Lipinski definition) is 2. The Hall–Kier alpha value is -2.42.